The van der Waals surface area contributed by atoms with E-state index in [0.717, 1.165) is 5.56 Å². The highest BCUT2D eigenvalue weighted by molar-refractivity contribution is 7.89. The molecule has 0 bridgehead atoms. The van der Waals surface area contributed by atoms with Crippen LogP contribution in [-0.2, 0) is 16.6 Å². The van der Waals surface area contributed by atoms with Gasteiger partial charge >= 0.3 is 0 Å². The Labute approximate surface area is 89.4 Å². The minimum absolute atomic E-state index is 0.230. The van der Waals surface area contributed by atoms with E-state index in [2.05, 4.69) is 0 Å². The maximum absolute atomic E-state index is 11.6. The molecule has 0 aliphatic carbocycles. The van der Waals surface area contributed by atoms with Crippen LogP contribution in [0.25, 0.3) is 0 Å². The van der Waals surface area contributed by atoms with E-state index >= 15 is 0 Å². The van der Waals surface area contributed by atoms with Crippen molar-refractivity contribution in [2.45, 2.75) is 19.9 Å². The molecule has 0 N–H and O–H groups in total. The van der Waals surface area contributed by atoms with E-state index < -0.39 is 10.0 Å². The monoisotopic (exact) mass is 233 g/mol. The van der Waals surface area contributed by atoms with Crippen LogP contribution >= 0.6 is 11.3 Å². The van der Waals surface area contributed by atoms with Gasteiger partial charge in [-0.15, -0.1) is 0 Å². The summed E-state index contributed by atoms with van der Waals surface area (Å²) >= 11 is 1.58. The number of sulfonamides is 1. The highest BCUT2D eigenvalue weighted by Gasteiger charge is 2.16. The van der Waals surface area contributed by atoms with Gasteiger partial charge in [0.25, 0.3) is 0 Å². The minimum Gasteiger partial charge on any atom is -0.212 e. The fraction of sp³-hybridized carbons (Fsp3) is 0.556. The van der Waals surface area contributed by atoms with Crippen LogP contribution in [0.1, 0.15) is 18.9 Å². The third kappa shape index (κ3) is 3.08. The summed E-state index contributed by atoms with van der Waals surface area (Å²) in [5.74, 6) is 0.230. The first-order valence-corrected chi connectivity index (χ1v) is 7.06. The molecule has 0 unspecified atom stereocenters. The summed E-state index contributed by atoms with van der Waals surface area (Å²) < 4.78 is 24.6. The molecule has 0 aliphatic rings. The Kier molecular flexibility index (Phi) is 4.10. The van der Waals surface area contributed by atoms with Crippen LogP contribution in [0.15, 0.2) is 16.8 Å². The fourth-order valence-electron chi connectivity index (χ4n) is 1.15. The lowest BCUT2D eigenvalue weighted by atomic mass is 10.3. The van der Waals surface area contributed by atoms with Crippen LogP contribution in [0.5, 0.6) is 0 Å². The smallest absolute Gasteiger partial charge is 0.212 e. The van der Waals surface area contributed by atoms with E-state index in [-0.39, 0.29) is 5.75 Å². The lowest BCUT2D eigenvalue weighted by Crippen LogP contribution is -2.28. The largest absolute Gasteiger partial charge is 0.214 e. The molecule has 14 heavy (non-hydrogen) atoms. The van der Waals surface area contributed by atoms with Gasteiger partial charge in [0.2, 0.25) is 10.0 Å². The maximum Gasteiger partial charge on any atom is 0.214 e. The van der Waals surface area contributed by atoms with Gasteiger partial charge in [-0.25, -0.2) is 12.7 Å². The SMILES string of the molecule is CCCS(=O)(=O)N(C)Cc1ccsc1. The van der Waals surface area contributed by atoms with Crippen molar-refractivity contribution in [1.29, 1.82) is 0 Å². The van der Waals surface area contributed by atoms with Crippen molar-refractivity contribution in [2.24, 2.45) is 0 Å². The van der Waals surface area contributed by atoms with Crippen molar-refractivity contribution in [3.63, 3.8) is 0 Å². The molecule has 0 amide bonds. The van der Waals surface area contributed by atoms with Gasteiger partial charge in [-0.1, -0.05) is 6.92 Å². The Morgan fingerprint density at radius 1 is 1.50 bits per heavy atom. The van der Waals surface area contributed by atoms with E-state index in [1.165, 1.54) is 4.31 Å². The number of hydrogen-bond donors (Lipinski definition) is 0. The lowest BCUT2D eigenvalue weighted by Gasteiger charge is -2.15. The van der Waals surface area contributed by atoms with Crippen LogP contribution in [0.2, 0.25) is 0 Å². The number of nitrogens with zero attached hydrogens (tertiary/aromatic N) is 1. The van der Waals surface area contributed by atoms with Crippen molar-refractivity contribution in [1.82, 2.24) is 4.31 Å². The van der Waals surface area contributed by atoms with Crippen LogP contribution in [-0.4, -0.2) is 25.5 Å². The highest BCUT2D eigenvalue weighted by Crippen LogP contribution is 2.11. The maximum atomic E-state index is 11.6. The van der Waals surface area contributed by atoms with Crippen LogP contribution in [0.4, 0.5) is 0 Å². The number of hydrogen-bond acceptors (Lipinski definition) is 3. The third-order valence-electron chi connectivity index (χ3n) is 1.92. The molecule has 0 fully saturated rings. The fourth-order valence-corrected chi connectivity index (χ4v) is 2.99. The summed E-state index contributed by atoms with van der Waals surface area (Å²) in [6.07, 6.45) is 0.663. The number of thiophene rings is 1. The predicted molar refractivity (Wildman–Crippen MR) is 59.9 cm³/mol. The quantitative estimate of drug-likeness (QED) is 0.779. The molecule has 1 rings (SSSR count). The second kappa shape index (κ2) is 4.91. The molecule has 1 heterocycles. The molecule has 0 aliphatic heterocycles. The van der Waals surface area contributed by atoms with Crippen LogP contribution < -0.4 is 0 Å². The van der Waals surface area contributed by atoms with E-state index in [1.807, 2.05) is 23.8 Å². The molecule has 1 aromatic heterocycles. The molecule has 5 heteroatoms. The normalized spacial score (nSPS) is 12.2. The topological polar surface area (TPSA) is 37.4 Å². The lowest BCUT2D eigenvalue weighted by molar-refractivity contribution is 0.466. The first-order chi connectivity index (χ1) is 6.56. The summed E-state index contributed by atoms with van der Waals surface area (Å²) in [5, 5.41) is 3.92. The predicted octanol–water partition coefficient (Wildman–Crippen LogP) is 1.92. The second-order valence-electron chi connectivity index (χ2n) is 3.20. The highest BCUT2D eigenvalue weighted by atomic mass is 32.2. The van der Waals surface area contributed by atoms with Gasteiger partial charge in [0.05, 0.1) is 5.75 Å². The Morgan fingerprint density at radius 2 is 2.21 bits per heavy atom. The minimum atomic E-state index is -3.05. The number of rotatable bonds is 5. The summed E-state index contributed by atoms with van der Waals surface area (Å²) in [6.45, 7) is 2.35. The van der Waals surface area contributed by atoms with Gasteiger partial charge in [-0.2, -0.15) is 11.3 Å². The standard InChI is InChI=1S/C9H15NO2S2/c1-3-6-14(11,12)10(2)7-9-4-5-13-8-9/h4-5,8H,3,6-7H2,1-2H3. The van der Waals surface area contributed by atoms with Gasteiger partial charge < -0.3 is 0 Å². The molecule has 0 atom stereocenters. The third-order valence-corrected chi connectivity index (χ3v) is 4.66. The Hall–Kier alpha value is -0.390. The first-order valence-electron chi connectivity index (χ1n) is 4.51. The molecular formula is C9H15NO2S2. The van der Waals surface area contributed by atoms with Crippen molar-refractivity contribution >= 4 is 21.4 Å². The molecule has 0 aromatic carbocycles. The van der Waals surface area contributed by atoms with Crippen molar-refractivity contribution in [2.75, 3.05) is 12.8 Å². The van der Waals surface area contributed by atoms with Gasteiger partial charge in [0.15, 0.2) is 0 Å². The Bertz CT molecular complexity index is 356. The van der Waals surface area contributed by atoms with Gasteiger partial charge in [0, 0.05) is 13.6 Å². The average molecular weight is 233 g/mol. The summed E-state index contributed by atoms with van der Waals surface area (Å²) in [7, 11) is -1.42. The average Bonchev–Trinajstić information content (AvgIpc) is 2.56. The zero-order chi connectivity index (χ0) is 10.6. The molecule has 0 spiro atoms. The van der Waals surface area contributed by atoms with Gasteiger partial charge in [-0.05, 0) is 28.8 Å². The zero-order valence-electron chi connectivity index (χ0n) is 8.43. The summed E-state index contributed by atoms with van der Waals surface area (Å²) in [5.41, 5.74) is 1.05. The first kappa shape index (κ1) is 11.7. The molecular weight excluding hydrogens is 218 g/mol. The van der Waals surface area contributed by atoms with Crippen LogP contribution in [0, 0.1) is 0 Å². The molecule has 3 nitrogen and oxygen atoms in total. The molecule has 0 saturated heterocycles. The molecule has 80 valence electrons. The van der Waals surface area contributed by atoms with E-state index in [0.29, 0.717) is 13.0 Å². The Balaban J connectivity index is 2.62. The molecule has 0 radical (unpaired) electrons. The van der Waals surface area contributed by atoms with E-state index in [9.17, 15) is 8.42 Å². The van der Waals surface area contributed by atoms with Gasteiger partial charge in [0.1, 0.15) is 0 Å². The van der Waals surface area contributed by atoms with Crippen molar-refractivity contribution < 1.29 is 8.42 Å². The summed E-state index contributed by atoms with van der Waals surface area (Å²) in [6, 6.07) is 1.95. The molecule has 0 saturated carbocycles. The van der Waals surface area contributed by atoms with Gasteiger partial charge in [-0.3, -0.25) is 0 Å². The molecule has 1 aromatic rings. The second-order valence-corrected chi connectivity index (χ2v) is 6.18. The van der Waals surface area contributed by atoms with Crippen molar-refractivity contribution in [3.8, 4) is 0 Å². The summed E-state index contributed by atoms with van der Waals surface area (Å²) in [4.78, 5) is 0. The van der Waals surface area contributed by atoms with Crippen LogP contribution in [0.3, 0.4) is 0 Å². The van der Waals surface area contributed by atoms with E-state index in [1.54, 1.807) is 18.4 Å². The van der Waals surface area contributed by atoms with Crippen molar-refractivity contribution in [3.05, 3.63) is 22.4 Å². The Morgan fingerprint density at radius 3 is 2.71 bits per heavy atom. The van der Waals surface area contributed by atoms with E-state index in [4.69, 9.17) is 0 Å². The zero-order valence-corrected chi connectivity index (χ0v) is 10.1.